The number of aromatic nitrogens is 6. The van der Waals surface area contributed by atoms with Gasteiger partial charge in [0, 0.05) is 61.7 Å². The molecule has 0 fully saturated rings. The van der Waals surface area contributed by atoms with E-state index in [-0.39, 0.29) is 11.8 Å². The lowest BCUT2D eigenvalue weighted by Crippen LogP contribution is -2.27. The standard InChI is InChI=1S/C69H44N6/c1-5-19-43(20-6-1)66-70-60(42-61(71-66)51-28-14-13-27-50(51)46-35-38-63-57(39-46)52-29-17-18-32-62(52)75(63)49-25-11-4-12-26-49)47-33-36-55-58(40-47)64-53-30-15-16-31-54(53)65(55)59-41-48(34-37-56(59)64)69-73-67(44-21-7-2-8-22-44)72-68(74-69)45-23-9-3-10-24-45/h1-42,64-65H. The van der Waals surface area contributed by atoms with Gasteiger partial charge in [-0.15, -0.1) is 0 Å². The maximum absolute atomic E-state index is 5.38. The molecule has 0 radical (unpaired) electrons. The van der Waals surface area contributed by atoms with Crippen LogP contribution in [0.3, 0.4) is 0 Å². The molecule has 6 nitrogen and oxygen atoms in total. The van der Waals surface area contributed by atoms with E-state index in [9.17, 15) is 0 Å². The van der Waals surface area contributed by atoms with Crippen LogP contribution >= 0.6 is 0 Å². The van der Waals surface area contributed by atoms with E-state index in [0.717, 1.165) is 61.6 Å². The van der Waals surface area contributed by atoms with Gasteiger partial charge in [0.25, 0.3) is 0 Å². The van der Waals surface area contributed by atoms with E-state index in [1.54, 1.807) is 0 Å². The lowest BCUT2D eigenvalue weighted by molar-refractivity contribution is 0.754. The number of fused-ring (bicyclic) bond motifs is 3. The molecule has 0 saturated heterocycles. The fraction of sp³-hybridized carbons (Fsp3) is 0.0290. The van der Waals surface area contributed by atoms with Crippen LogP contribution < -0.4 is 0 Å². The lowest BCUT2D eigenvalue weighted by Gasteiger charge is -2.42. The zero-order valence-electron chi connectivity index (χ0n) is 40.6. The highest BCUT2D eigenvalue weighted by atomic mass is 15.0. The second kappa shape index (κ2) is 17.4. The second-order valence-electron chi connectivity index (χ2n) is 19.5. The fourth-order valence-electron chi connectivity index (χ4n) is 11.9. The third kappa shape index (κ3) is 7.13. The first-order valence-corrected chi connectivity index (χ1v) is 25.6. The van der Waals surface area contributed by atoms with Gasteiger partial charge in [-0.25, -0.2) is 24.9 Å². The minimum absolute atomic E-state index is 0.0287. The summed E-state index contributed by atoms with van der Waals surface area (Å²) in [6, 6.07) is 90.6. The van der Waals surface area contributed by atoms with Crippen molar-refractivity contribution in [2.24, 2.45) is 0 Å². The van der Waals surface area contributed by atoms with Crippen molar-refractivity contribution in [3.05, 3.63) is 288 Å². The van der Waals surface area contributed by atoms with E-state index < -0.39 is 0 Å². The number of hydrogen-bond acceptors (Lipinski definition) is 5. The molecule has 10 aromatic carbocycles. The molecule has 13 aromatic rings. The molecule has 3 aromatic heterocycles. The van der Waals surface area contributed by atoms with Crippen molar-refractivity contribution in [1.29, 1.82) is 0 Å². The number of rotatable bonds is 8. The first-order valence-electron chi connectivity index (χ1n) is 25.6. The summed E-state index contributed by atoms with van der Waals surface area (Å²) in [5, 5.41) is 2.42. The minimum atomic E-state index is 0.0287. The van der Waals surface area contributed by atoms with E-state index >= 15 is 0 Å². The Kier molecular flexibility index (Phi) is 9.91. The van der Waals surface area contributed by atoms with Gasteiger partial charge in [0.2, 0.25) is 0 Å². The average Bonchev–Trinajstić information content (AvgIpc) is 3.84. The maximum Gasteiger partial charge on any atom is 0.164 e. The minimum Gasteiger partial charge on any atom is -0.309 e. The van der Waals surface area contributed by atoms with Gasteiger partial charge in [-0.1, -0.05) is 206 Å². The molecule has 75 heavy (non-hydrogen) atoms. The first-order chi connectivity index (χ1) is 37.2. The van der Waals surface area contributed by atoms with Crippen molar-refractivity contribution in [3.8, 4) is 84.9 Å². The fourth-order valence-corrected chi connectivity index (χ4v) is 11.9. The molecule has 0 amide bonds. The highest BCUT2D eigenvalue weighted by Crippen LogP contribution is 2.57. The molecular formula is C69H44N6. The normalized spacial score (nSPS) is 14.1. The Balaban J connectivity index is 0.852. The molecule has 0 spiro atoms. The highest BCUT2D eigenvalue weighted by Gasteiger charge is 2.41. The van der Waals surface area contributed by atoms with E-state index in [1.807, 2.05) is 42.5 Å². The van der Waals surface area contributed by atoms with Gasteiger partial charge in [0.1, 0.15) is 0 Å². The SMILES string of the molecule is c1ccc(-c2nc(-c3ccc4c(c3)C3c5ccccc5C4c4cc(-c5nc(-c6ccccc6)nc(-c6ccccc6)n5)ccc43)cc(-c3ccccc3-c3ccc4c(c3)c3ccccc3n4-c3ccccc3)n2)cc1. The van der Waals surface area contributed by atoms with Crippen molar-refractivity contribution < 1.29 is 0 Å². The Labute approximate surface area is 434 Å². The summed E-state index contributed by atoms with van der Waals surface area (Å²) < 4.78 is 2.36. The van der Waals surface area contributed by atoms with Gasteiger partial charge in [-0.2, -0.15) is 0 Å². The van der Waals surface area contributed by atoms with Crippen molar-refractivity contribution in [2.45, 2.75) is 11.8 Å². The van der Waals surface area contributed by atoms with Gasteiger partial charge < -0.3 is 4.57 Å². The van der Waals surface area contributed by atoms with Gasteiger partial charge in [-0.05, 0) is 93.0 Å². The highest BCUT2D eigenvalue weighted by molar-refractivity contribution is 6.11. The number of nitrogens with zero attached hydrogens (tertiary/aromatic N) is 6. The summed E-state index contributed by atoms with van der Waals surface area (Å²) in [4.78, 5) is 26.0. The Morgan fingerprint density at radius 3 is 1.32 bits per heavy atom. The summed E-state index contributed by atoms with van der Waals surface area (Å²) in [5.74, 6) is 2.70. The zero-order chi connectivity index (χ0) is 49.4. The smallest absolute Gasteiger partial charge is 0.164 e. The Hall–Kier alpha value is -9.91. The molecule has 3 aliphatic carbocycles. The predicted molar refractivity (Wildman–Crippen MR) is 303 cm³/mol. The number of hydrogen-bond donors (Lipinski definition) is 0. The lowest BCUT2D eigenvalue weighted by atomic mass is 9.60. The summed E-state index contributed by atoms with van der Waals surface area (Å²) in [7, 11) is 0. The van der Waals surface area contributed by atoms with Gasteiger partial charge in [0.05, 0.1) is 22.4 Å². The molecule has 16 rings (SSSR count). The summed E-state index contributed by atoms with van der Waals surface area (Å²) in [6.07, 6.45) is 0. The number of benzene rings is 10. The Morgan fingerprint density at radius 2 is 0.693 bits per heavy atom. The summed E-state index contributed by atoms with van der Waals surface area (Å²) >= 11 is 0. The van der Waals surface area contributed by atoms with Crippen molar-refractivity contribution >= 4 is 21.8 Å². The third-order valence-corrected chi connectivity index (χ3v) is 15.2. The van der Waals surface area contributed by atoms with E-state index in [0.29, 0.717) is 23.3 Å². The van der Waals surface area contributed by atoms with Crippen LogP contribution in [0.25, 0.3) is 107 Å². The zero-order valence-corrected chi connectivity index (χ0v) is 40.6. The Bertz CT molecular complexity index is 4300. The molecule has 2 atom stereocenters. The van der Waals surface area contributed by atoms with Crippen molar-refractivity contribution in [1.82, 2.24) is 29.5 Å². The van der Waals surface area contributed by atoms with Gasteiger partial charge in [-0.3, -0.25) is 0 Å². The molecular weight excluding hydrogens is 913 g/mol. The Morgan fingerprint density at radius 1 is 0.253 bits per heavy atom. The van der Waals surface area contributed by atoms with Crippen LogP contribution in [0.4, 0.5) is 0 Å². The molecule has 3 aliphatic rings. The van der Waals surface area contributed by atoms with E-state index in [1.165, 1.54) is 55.2 Å². The summed E-state index contributed by atoms with van der Waals surface area (Å²) in [6.45, 7) is 0. The van der Waals surface area contributed by atoms with Gasteiger partial charge >= 0.3 is 0 Å². The molecule has 0 saturated carbocycles. The van der Waals surface area contributed by atoms with Gasteiger partial charge in [0.15, 0.2) is 23.3 Å². The van der Waals surface area contributed by atoms with Crippen LogP contribution in [0.5, 0.6) is 0 Å². The number of para-hydroxylation sites is 2. The monoisotopic (exact) mass is 956 g/mol. The summed E-state index contributed by atoms with van der Waals surface area (Å²) in [5.41, 5.74) is 21.3. The molecule has 2 bridgehead atoms. The first kappa shape index (κ1) is 42.7. The predicted octanol–water partition coefficient (Wildman–Crippen LogP) is 16.4. The molecule has 0 aliphatic heterocycles. The molecule has 2 unspecified atom stereocenters. The van der Waals surface area contributed by atoms with Crippen molar-refractivity contribution in [2.75, 3.05) is 0 Å². The van der Waals surface area contributed by atoms with Crippen LogP contribution in [-0.4, -0.2) is 29.5 Å². The van der Waals surface area contributed by atoms with Crippen LogP contribution in [0, 0.1) is 0 Å². The topological polar surface area (TPSA) is 69.4 Å². The van der Waals surface area contributed by atoms with E-state index in [2.05, 4.69) is 217 Å². The van der Waals surface area contributed by atoms with Crippen LogP contribution in [0.1, 0.15) is 45.2 Å². The largest absolute Gasteiger partial charge is 0.309 e. The molecule has 3 heterocycles. The van der Waals surface area contributed by atoms with Crippen LogP contribution in [0.15, 0.2) is 255 Å². The average molecular weight is 957 g/mol. The molecule has 350 valence electrons. The van der Waals surface area contributed by atoms with Crippen LogP contribution in [0.2, 0.25) is 0 Å². The molecule has 0 N–H and O–H groups in total. The second-order valence-corrected chi connectivity index (χ2v) is 19.5. The molecule has 6 heteroatoms. The van der Waals surface area contributed by atoms with Crippen LogP contribution in [-0.2, 0) is 0 Å². The third-order valence-electron chi connectivity index (χ3n) is 15.2. The van der Waals surface area contributed by atoms with E-state index in [4.69, 9.17) is 24.9 Å². The quantitative estimate of drug-likeness (QED) is 0.152. The maximum atomic E-state index is 5.38. The van der Waals surface area contributed by atoms with Crippen molar-refractivity contribution in [3.63, 3.8) is 0 Å².